The third-order valence-corrected chi connectivity index (χ3v) is 5.19. The number of nitrogens with zero attached hydrogens (tertiary/aromatic N) is 1. The van der Waals surface area contributed by atoms with E-state index in [0.29, 0.717) is 5.75 Å². The van der Waals surface area contributed by atoms with Gasteiger partial charge in [0.15, 0.2) is 0 Å². The lowest BCUT2D eigenvalue weighted by atomic mass is 9.96. The van der Waals surface area contributed by atoms with Crippen LogP contribution in [0.5, 0.6) is 5.75 Å². The van der Waals surface area contributed by atoms with Crippen LogP contribution in [-0.4, -0.2) is 23.1 Å². The summed E-state index contributed by atoms with van der Waals surface area (Å²) in [6, 6.07) is 6.30. The number of phenolic OH excluding ortho intramolecular Hbond substituents is 1. The minimum atomic E-state index is 0.471. The van der Waals surface area contributed by atoms with Gasteiger partial charge in [0.05, 0.1) is 0 Å². The van der Waals surface area contributed by atoms with Gasteiger partial charge in [0.2, 0.25) is 0 Å². The zero-order valence-electron chi connectivity index (χ0n) is 15.2. The Morgan fingerprint density at radius 2 is 1.70 bits per heavy atom. The Kier molecular flexibility index (Phi) is 7.94. The van der Waals surface area contributed by atoms with Crippen LogP contribution in [0.1, 0.15) is 76.3 Å². The van der Waals surface area contributed by atoms with Crippen molar-refractivity contribution in [1.82, 2.24) is 4.90 Å². The van der Waals surface area contributed by atoms with E-state index in [1.54, 1.807) is 0 Å². The van der Waals surface area contributed by atoms with E-state index in [1.165, 1.54) is 63.4 Å². The van der Waals surface area contributed by atoms with E-state index in [1.807, 2.05) is 6.07 Å². The highest BCUT2D eigenvalue weighted by molar-refractivity contribution is 5.36. The minimum Gasteiger partial charge on any atom is -0.508 e. The molecule has 1 aromatic carbocycles. The van der Waals surface area contributed by atoms with Crippen molar-refractivity contribution in [3.8, 4) is 5.75 Å². The molecule has 1 aliphatic rings. The molecule has 1 aromatic rings. The summed E-state index contributed by atoms with van der Waals surface area (Å²) in [5, 5.41) is 10.3. The molecule has 1 aliphatic carbocycles. The van der Waals surface area contributed by atoms with Crippen molar-refractivity contribution >= 4 is 0 Å². The largest absolute Gasteiger partial charge is 0.508 e. The average molecular weight is 318 g/mol. The predicted octanol–water partition coefficient (Wildman–Crippen LogP) is 5.53. The summed E-state index contributed by atoms with van der Waals surface area (Å²) in [7, 11) is 0. The Hall–Kier alpha value is -1.02. The van der Waals surface area contributed by atoms with Gasteiger partial charge < -0.3 is 5.11 Å². The first-order chi connectivity index (χ1) is 11.2. The fourth-order valence-corrected chi connectivity index (χ4v) is 3.71. The third-order valence-electron chi connectivity index (χ3n) is 5.19. The van der Waals surface area contributed by atoms with Crippen LogP contribution < -0.4 is 0 Å². The molecular weight excluding hydrogens is 282 g/mol. The minimum absolute atomic E-state index is 0.471. The molecule has 130 valence electrons. The van der Waals surface area contributed by atoms with Crippen LogP contribution in [0.15, 0.2) is 18.2 Å². The highest BCUT2D eigenvalue weighted by Crippen LogP contribution is 2.29. The lowest BCUT2D eigenvalue weighted by Gasteiger charge is -2.23. The lowest BCUT2D eigenvalue weighted by Crippen LogP contribution is -2.25. The number of unbranched alkanes of at least 4 members (excludes halogenated alkanes) is 2. The summed E-state index contributed by atoms with van der Waals surface area (Å²) < 4.78 is 0. The zero-order valence-corrected chi connectivity index (χ0v) is 15.2. The molecular formula is C21H35NO. The summed E-state index contributed by atoms with van der Waals surface area (Å²) in [6.45, 7) is 7.67. The molecule has 0 saturated heterocycles. The molecule has 0 unspecified atom stereocenters. The van der Waals surface area contributed by atoms with Gasteiger partial charge in [-0.25, -0.2) is 0 Å². The van der Waals surface area contributed by atoms with Crippen LogP contribution in [0, 0.1) is 5.92 Å². The molecule has 0 aliphatic heterocycles. The number of benzene rings is 1. The van der Waals surface area contributed by atoms with Gasteiger partial charge in [0, 0.05) is 12.1 Å². The smallest absolute Gasteiger partial charge is 0.120 e. The van der Waals surface area contributed by atoms with Gasteiger partial charge in [0.1, 0.15) is 5.75 Å². The summed E-state index contributed by atoms with van der Waals surface area (Å²) in [5.74, 6) is 1.34. The molecule has 2 nitrogen and oxygen atoms in total. The first-order valence-corrected chi connectivity index (χ1v) is 9.76. The number of aromatic hydroxyl groups is 1. The van der Waals surface area contributed by atoms with E-state index in [4.69, 9.17) is 0 Å². The van der Waals surface area contributed by atoms with E-state index in [9.17, 15) is 5.11 Å². The van der Waals surface area contributed by atoms with Crippen molar-refractivity contribution in [1.29, 1.82) is 0 Å². The Balaban J connectivity index is 1.99. The van der Waals surface area contributed by atoms with Crippen LogP contribution in [0.2, 0.25) is 0 Å². The van der Waals surface area contributed by atoms with Gasteiger partial charge in [-0.2, -0.15) is 0 Å². The van der Waals surface area contributed by atoms with Crippen LogP contribution in [0.3, 0.4) is 0 Å². The van der Waals surface area contributed by atoms with Gasteiger partial charge in [0.25, 0.3) is 0 Å². The molecule has 0 amide bonds. The van der Waals surface area contributed by atoms with Crippen molar-refractivity contribution < 1.29 is 5.11 Å². The SMILES string of the molecule is CCCCN(CCCC)Cc1cc(CC2CCCC2)ccc1O. The summed E-state index contributed by atoms with van der Waals surface area (Å²) in [4.78, 5) is 2.52. The fraction of sp³-hybridized carbons (Fsp3) is 0.714. The van der Waals surface area contributed by atoms with Crippen LogP contribution in [-0.2, 0) is 13.0 Å². The van der Waals surface area contributed by atoms with Gasteiger partial charge in [-0.05, 0) is 49.9 Å². The molecule has 0 bridgehead atoms. The number of hydrogen-bond donors (Lipinski definition) is 1. The highest BCUT2D eigenvalue weighted by Gasteiger charge is 2.16. The van der Waals surface area contributed by atoms with E-state index < -0.39 is 0 Å². The van der Waals surface area contributed by atoms with Crippen LogP contribution >= 0.6 is 0 Å². The Labute approximate surface area is 142 Å². The van der Waals surface area contributed by atoms with Gasteiger partial charge in [-0.1, -0.05) is 64.5 Å². The van der Waals surface area contributed by atoms with E-state index >= 15 is 0 Å². The normalized spacial score (nSPS) is 15.6. The van der Waals surface area contributed by atoms with Gasteiger partial charge in [-0.3, -0.25) is 4.90 Å². The van der Waals surface area contributed by atoms with Crippen molar-refractivity contribution in [2.75, 3.05) is 13.1 Å². The zero-order chi connectivity index (χ0) is 16.5. The summed E-state index contributed by atoms with van der Waals surface area (Å²) >= 11 is 0. The van der Waals surface area contributed by atoms with E-state index in [2.05, 4.69) is 30.9 Å². The first kappa shape index (κ1) is 18.3. The molecule has 0 spiro atoms. The molecule has 0 heterocycles. The molecule has 1 N–H and O–H groups in total. The highest BCUT2D eigenvalue weighted by atomic mass is 16.3. The number of rotatable bonds is 10. The topological polar surface area (TPSA) is 23.5 Å². The van der Waals surface area contributed by atoms with Crippen molar-refractivity contribution in [3.05, 3.63) is 29.3 Å². The monoisotopic (exact) mass is 317 g/mol. The van der Waals surface area contributed by atoms with Crippen molar-refractivity contribution in [2.45, 2.75) is 78.2 Å². The molecule has 2 rings (SSSR count). The predicted molar refractivity (Wildman–Crippen MR) is 98.9 cm³/mol. The maximum atomic E-state index is 10.3. The number of hydrogen-bond acceptors (Lipinski definition) is 2. The molecule has 1 fully saturated rings. The second kappa shape index (κ2) is 9.97. The molecule has 0 atom stereocenters. The second-order valence-electron chi connectivity index (χ2n) is 7.30. The Bertz CT molecular complexity index is 443. The number of phenols is 1. The molecule has 2 heteroatoms. The Morgan fingerprint density at radius 3 is 2.30 bits per heavy atom. The summed E-state index contributed by atoms with van der Waals surface area (Å²) in [6.07, 6.45) is 11.7. The molecule has 1 saturated carbocycles. The van der Waals surface area contributed by atoms with Gasteiger partial charge in [-0.15, -0.1) is 0 Å². The molecule has 0 aromatic heterocycles. The second-order valence-corrected chi connectivity index (χ2v) is 7.30. The maximum Gasteiger partial charge on any atom is 0.120 e. The first-order valence-electron chi connectivity index (χ1n) is 9.76. The molecule has 23 heavy (non-hydrogen) atoms. The van der Waals surface area contributed by atoms with E-state index in [0.717, 1.165) is 31.1 Å². The van der Waals surface area contributed by atoms with Crippen LogP contribution in [0.4, 0.5) is 0 Å². The molecule has 0 radical (unpaired) electrons. The Morgan fingerprint density at radius 1 is 1.04 bits per heavy atom. The van der Waals surface area contributed by atoms with E-state index in [-0.39, 0.29) is 0 Å². The van der Waals surface area contributed by atoms with Crippen molar-refractivity contribution in [3.63, 3.8) is 0 Å². The quantitative estimate of drug-likeness (QED) is 0.613. The van der Waals surface area contributed by atoms with Gasteiger partial charge >= 0.3 is 0 Å². The maximum absolute atomic E-state index is 10.3. The third kappa shape index (κ3) is 6.18. The van der Waals surface area contributed by atoms with Crippen molar-refractivity contribution in [2.24, 2.45) is 5.92 Å². The standard InChI is InChI=1S/C21H35NO/c1-3-5-13-22(14-6-4-2)17-20-16-19(11-12-21(20)23)15-18-9-7-8-10-18/h11-12,16,18,23H,3-10,13-15,17H2,1-2H3. The lowest BCUT2D eigenvalue weighted by molar-refractivity contribution is 0.253. The average Bonchev–Trinajstić information content (AvgIpc) is 3.06. The fourth-order valence-electron chi connectivity index (χ4n) is 3.71. The van der Waals surface area contributed by atoms with Crippen LogP contribution in [0.25, 0.3) is 0 Å². The summed E-state index contributed by atoms with van der Waals surface area (Å²) in [5.41, 5.74) is 2.53.